The van der Waals surface area contributed by atoms with Crippen molar-refractivity contribution in [2.45, 2.75) is 44.5 Å². The quantitative estimate of drug-likeness (QED) is 0.417. The van der Waals surface area contributed by atoms with Gasteiger partial charge in [0.1, 0.15) is 12.7 Å². The fraction of sp³-hybridized carbons (Fsp3) is 0.571. The Morgan fingerprint density at radius 1 is 1.46 bits per heavy atom. The van der Waals surface area contributed by atoms with Crippen LogP contribution in [0, 0.1) is 0 Å². The summed E-state index contributed by atoms with van der Waals surface area (Å²) in [6.07, 6.45) is -5.21. The highest BCUT2D eigenvalue weighted by molar-refractivity contribution is 5.63. The van der Waals surface area contributed by atoms with Crippen LogP contribution in [0.25, 0.3) is 0 Å². The fourth-order valence-electron chi connectivity index (χ4n) is 2.59. The van der Waals surface area contributed by atoms with Gasteiger partial charge in [-0.15, -0.1) is 0 Å². The van der Waals surface area contributed by atoms with Gasteiger partial charge in [-0.1, -0.05) is 5.16 Å². The molecule has 1 aromatic rings. The molecule has 0 aromatic carbocycles. The first-order valence-corrected chi connectivity index (χ1v) is 7.66. The second kappa shape index (κ2) is 7.07. The summed E-state index contributed by atoms with van der Waals surface area (Å²) in [5, 5.41) is 11.5. The monoisotopic (exact) mass is 372 g/mol. The third kappa shape index (κ3) is 3.49. The molecule has 12 nitrogen and oxygen atoms in total. The third-order valence-corrected chi connectivity index (χ3v) is 3.62. The third-order valence-electron chi connectivity index (χ3n) is 3.62. The highest BCUT2D eigenvalue weighted by Gasteiger charge is 2.55. The van der Waals surface area contributed by atoms with Crippen molar-refractivity contribution in [3.8, 4) is 0 Å². The Labute approximate surface area is 147 Å². The highest BCUT2D eigenvalue weighted by Crippen LogP contribution is 2.37. The van der Waals surface area contributed by atoms with Gasteiger partial charge in [-0.2, -0.15) is 0 Å². The minimum atomic E-state index is -1.14. The molecule has 0 aliphatic carbocycles. The molecular weight excluding hydrogens is 354 g/mol. The molecule has 26 heavy (non-hydrogen) atoms. The lowest BCUT2D eigenvalue weighted by molar-refractivity contribution is -0.0818. The second-order valence-electron chi connectivity index (χ2n) is 5.77. The molecule has 0 bridgehead atoms. The zero-order valence-corrected chi connectivity index (χ0v) is 13.8. The van der Waals surface area contributed by atoms with Crippen molar-refractivity contribution in [1.29, 1.82) is 0 Å². The second-order valence-corrected chi connectivity index (χ2v) is 5.77. The number of aromatic nitrogens is 2. The van der Waals surface area contributed by atoms with Gasteiger partial charge in [0.25, 0.3) is 0 Å². The van der Waals surface area contributed by atoms with Crippen molar-refractivity contribution in [2.75, 3.05) is 6.61 Å². The minimum Gasteiger partial charge on any atom is -0.432 e. The Morgan fingerprint density at radius 3 is 2.88 bits per heavy atom. The number of fused-ring (bicyclic) bond motifs is 1. The molecule has 2 fully saturated rings. The van der Waals surface area contributed by atoms with Gasteiger partial charge >= 0.3 is 18.0 Å². The number of hydrogen-bond acceptors (Lipinski definition) is 10. The number of nitrogens with zero attached hydrogens (tertiary/aromatic N) is 2. The molecule has 2 aliphatic heterocycles. The lowest BCUT2D eigenvalue weighted by Crippen LogP contribution is -2.36. The molecule has 142 valence electrons. The van der Waals surface area contributed by atoms with Crippen LogP contribution in [0.4, 0.5) is 9.59 Å². The predicted molar refractivity (Wildman–Crippen MR) is 79.0 cm³/mol. The van der Waals surface area contributed by atoms with E-state index in [1.165, 1.54) is 0 Å². The number of H-pyrrole nitrogens is 1. The number of rotatable bonds is 4. The Hall–Kier alpha value is -3.02. The number of nitrogens with one attached hydrogen (secondary N) is 1. The SMILES string of the molecule is [2H]c1cn([C@@H]2O[C@H](COC(=O)OC(C)C)[C@H]3OC(=O)O[C@H]32)c(=O)[nH]/c1=N\O. The molecule has 2 N–H and O–H groups in total. The summed E-state index contributed by atoms with van der Waals surface area (Å²) >= 11 is 0. The summed E-state index contributed by atoms with van der Waals surface area (Å²) in [4.78, 5) is 37.4. The Balaban J connectivity index is 1.81. The van der Waals surface area contributed by atoms with Crippen LogP contribution >= 0.6 is 0 Å². The minimum absolute atomic E-state index is 0.303. The maximum absolute atomic E-state index is 12.2. The zero-order chi connectivity index (χ0) is 19.7. The van der Waals surface area contributed by atoms with Gasteiger partial charge in [-0.05, 0) is 13.8 Å². The molecule has 3 rings (SSSR count). The van der Waals surface area contributed by atoms with Crippen molar-refractivity contribution < 1.29 is 39.9 Å². The summed E-state index contributed by atoms with van der Waals surface area (Å²) in [5.74, 6) is 0. The zero-order valence-electron chi connectivity index (χ0n) is 14.8. The van der Waals surface area contributed by atoms with Crippen LogP contribution in [0.15, 0.2) is 22.2 Å². The smallest absolute Gasteiger partial charge is 0.432 e. The van der Waals surface area contributed by atoms with Crippen LogP contribution < -0.4 is 11.2 Å². The Morgan fingerprint density at radius 2 is 2.19 bits per heavy atom. The normalized spacial score (nSPS) is 28.3. The van der Waals surface area contributed by atoms with Gasteiger partial charge in [-0.3, -0.25) is 9.55 Å². The van der Waals surface area contributed by atoms with Crippen LogP contribution in [0.1, 0.15) is 21.4 Å². The number of carbonyl (C=O) groups excluding carboxylic acids is 2. The van der Waals surface area contributed by atoms with Gasteiger partial charge in [0.2, 0.25) is 0 Å². The van der Waals surface area contributed by atoms with E-state index in [4.69, 9.17) is 30.3 Å². The molecule has 12 heteroatoms. The van der Waals surface area contributed by atoms with Crippen molar-refractivity contribution in [2.24, 2.45) is 5.16 Å². The van der Waals surface area contributed by atoms with Crippen molar-refractivity contribution in [1.82, 2.24) is 9.55 Å². The number of ether oxygens (including phenoxy) is 5. The summed E-state index contributed by atoms with van der Waals surface area (Å²) in [6.45, 7) is 2.99. The summed E-state index contributed by atoms with van der Waals surface area (Å²) < 4.78 is 34.2. The van der Waals surface area contributed by atoms with Crippen LogP contribution in [0.3, 0.4) is 0 Å². The molecule has 3 heterocycles. The lowest BCUT2D eigenvalue weighted by atomic mass is 10.1. The summed E-state index contributed by atoms with van der Waals surface area (Å²) in [5.41, 5.74) is -1.12. The maximum atomic E-state index is 12.2. The van der Waals surface area contributed by atoms with E-state index in [1.54, 1.807) is 13.8 Å². The molecule has 2 saturated heterocycles. The van der Waals surface area contributed by atoms with Gasteiger partial charge in [0.15, 0.2) is 23.9 Å². The molecule has 0 spiro atoms. The largest absolute Gasteiger partial charge is 0.509 e. The van der Waals surface area contributed by atoms with Crippen LogP contribution in [0.5, 0.6) is 0 Å². The molecule has 1 aromatic heterocycles. The van der Waals surface area contributed by atoms with Gasteiger partial charge in [0, 0.05) is 12.2 Å². The molecule has 0 saturated carbocycles. The fourth-order valence-corrected chi connectivity index (χ4v) is 2.59. The van der Waals surface area contributed by atoms with Crippen molar-refractivity contribution in [3.05, 3.63) is 28.2 Å². The highest BCUT2D eigenvalue weighted by atomic mass is 16.8. The molecule has 0 radical (unpaired) electrons. The topological polar surface area (TPSA) is 151 Å². The van der Waals surface area contributed by atoms with Gasteiger partial charge in [0.05, 0.1) is 7.47 Å². The van der Waals surface area contributed by atoms with E-state index in [2.05, 4.69) is 10.1 Å². The van der Waals surface area contributed by atoms with E-state index >= 15 is 0 Å². The number of carbonyl (C=O) groups is 2. The Kier molecular flexibility index (Phi) is 4.48. The Bertz CT molecular complexity index is 864. The average Bonchev–Trinajstić information content (AvgIpc) is 3.12. The first kappa shape index (κ1) is 16.4. The van der Waals surface area contributed by atoms with E-state index in [1.807, 2.05) is 0 Å². The van der Waals surface area contributed by atoms with Gasteiger partial charge in [-0.25, -0.2) is 14.4 Å². The van der Waals surface area contributed by atoms with Gasteiger partial charge < -0.3 is 28.9 Å². The maximum Gasteiger partial charge on any atom is 0.509 e. The van der Waals surface area contributed by atoms with Crippen molar-refractivity contribution in [3.63, 3.8) is 0 Å². The van der Waals surface area contributed by atoms with E-state index in [-0.39, 0.29) is 24.2 Å². The first-order valence-electron chi connectivity index (χ1n) is 8.16. The van der Waals surface area contributed by atoms with Crippen LogP contribution in [-0.4, -0.2) is 58.1 Å². The molecule has 2 aliphatic rings. The van der Waals surface area contributed by atoms with Crippen LogP contribution in [-0.2, 0) is 23.7 Å². The lowest BCUT2D eigenvalue weighted by Gasteiger charge is -2.18. The van der Waals surface area contributed by atoms with E-state index in [0.717, 1.165) is 10.8 Å². The van der Waals surface area contributed by atoms with Crippen LogP contribution in [0.2, 0.25) is 0 Å². The molecule has 0 unspecified atom stereocenters. The van der Waals surface area contributed by atoms with E-state index in [9.17, 15) is 14.4 Å². The summed E-state index contributed by atoms with van der Waals surface area (Å²) in [7, 11) is 0. The average molecular weight is 372 g/mol. The van der Waals surface area contributed by atoms with Crippen molar-refractivity contribution >= 4 is 12.3 Å². The number of hydrogen-bond donors (Lipinski definition) is 2. The van der Waals surface area contributed by atoms with E-state index < -0.39 is 42.5 Å². The first-order chi connectivity index (χ1) is 12.8. The molecule has 0 amide bonds. The standard InChI is InChI=1S/C14H17N3O9/c1-6(2)23-13(19)22-5-7-9-10(26-14(20)25-9)11(24-7)17-4-3-8(16-21)15-12(17)18/h3-4,6-7,9-11,21H,5H2,1-2H3,(H,15,16,18)/t7-,9-,10-,11-/m1/s1/i3D. The molecular formula is C14H17N3O9. The summed E-state index contributed by atoms with van der Waals surface area (Å²) in [6, 6.07) is -0.303. The molecule has 4 atom stereocenters. The van der Waals surface area contributed by atoms with E-state index in [0.29, 0.717) is 0 Å². The number of aromatic amines is 1. The predicted octanol–water partition coefficient (Wildman–Crippen LogP) is -0.171.